The average molecular weight is 460 g/mol. The quantitative estimate of drug-likeness (QED) is 0.115. The van der Waals surface area contributed by atoms with Crippen molar-refractivity contribution in [3.63, 3.8) is 0 Å². The van der Waals surface area contributed by atoms with Crippen molar-refractivity contribution in [1.82, 2.24) is 0 Å². The third-order valence-electron chi connectivity index (χ3n) is 5.99. The Morgan fingerprint density at radius 1 is 0.448 bits per heavy atom. The van der Waals surface area contributed by atoms with E-state index in [0.29, 0.717) is 6.42 Å². The fraction of sp³-hybridized carbons (Fsp3) is 0.962. The van der Waals surface area contributed by atoms with Gasteiger partial charge >= 0.3 is 5.97 Å². The third kappa shape index (κ3) is 30.3. The van der Waals surface area contributed by atoms with Crippen LogP contribution < -0.4 is 0 Å². The van der Waals surface area contributed by atoms with Crippen LogP contribution in [0, 0.1) is 0 Å². The van der Waals surface area contributed by atoms with Crippen molar-refractivity contribution in [3.05, 3.63) is 0 Å². The molecule has 0 aromatic heterocycles. The normalized spacial score (nSPS) is 10.8. The number of carbonyl (C=O) groups is 1. The zero-order chi connectivity index (χ0) is 20.5. The van der Waals surface area contributed by atoms with Crippen LogP contribution in [0.3, 0.4) is 0 Å². The molecule has 0 aliphatic carbocycles. The molecule has 0 bridgehead atoms. The van der Waals surface area contributed by atoms with E-state index < -0.39 is 5.97 Å². The van der Waals surface area contributed by atoms with Crippen LogP contribution in [-0.4, -0.2) is 11.1 Å². The Bertz CT molecular complexity index is 307. The number of unbranched alkanes of at least 4 members (excludes halogenated alkanes) is 22. The molecule has 0 unspecified atom stereocenters. The molecule has 3 heteroatoms. The van der Waals surface area contributed by atoms with E-state index in [4.69, 9.17) is 5.11 Å². The summed E-state index contributed by atoms with van der Waals surface area (Å²) in [5, 5.41) is 8.59. The molecule has 29 heavy (non-hydrogen) atoms. The van der Waals surface area contributed by atoms with Crippen molar-refractivity contribution in [2.75, 3.05) is 0 Å². The number of aliphatic carboxylic acids is 1. The van der Waals surface area contributed by atoms with Gasteiger partial charge in [0, 0.05) is 23.5 Å². The smallest absolute Gasteiger partial charge is 0.303 e. The molecule has 0 aromatic carbocycles. The number of carboxylic acid groups (broad SMARTS) is 1. The van der Waals surface area contributed by atoms with Gasteiger partial charge in [0.15, 0.2) is 0 Å². The molecule has 179 valence electrons. The fourth-order valence-corrected chi connectivity index (χ4v) is 4.06. The molecule has 0 heterocycles. The Labute approximate surface area is 193 Å². The van der Waals surface area contributed by atoms with Gasteiger partial charge in [0.05, 0.1) is 0 Å². The molecular weight excluding hydrogens is 408 g/mol. The van der Waals surface area contributed by atoms with Crippen LogP contribution in [0.1, 0.15) is 161 Å². The van der Waals surface area contributed by atoms with Crippen LogP contribution in [0.5, 0.6) is 0 Å². The minimum atomic E-state index is -0.650. The third-order valence-corrected chi connectivity index (χ3v) is 5.99. The van der Waals surface area contributed by atoms with Gasteiger partial charge in [0.2, 0.25) is 0 Å². The molecule has 0 aromatic rings. The molecule has 0 atom stereocenters. The average Bonchev–Trinajstić information content (AvgIpc) is 2.68. The van der Waals surface area contributed by atoms with Gasteiger partial charge in [-0.1, -0.05) is 148 Å². The molecule has 0 saturated heterocycles. The summed E-state index contributed by atoms with van der Waals surface area (Å²) in [4.78, 5) is 10.4. The first-order chi connectivity index (χ1) is 13.8. The molecule has 0 saturated carbocycles. The Kier molecular flexibility index (Phi) is 30.1. The summed E-state index contributed by atoms with van der Waals surface area (Å²) < 4.78 is 0. The second kappa shape index (κ2) is 28.0. The van der Waals surface area contributed by atoms with E-state index in [-0.39, 0.29) is 17.1 Å². The van der Waals surface area contributed by atoms with Gasteiger partial charge in [-0.05, 0) is 6.42 Å². The van der Waals surface area contributed by atoms with Gasteiger partial charge in [0.1, 0.15) is 0 Å². The van der Waals surface area contributed by atoms with Crippen molar-refractivity contribution in [2.24, 2.45) is 0 Å². The summed E-state index contributed by atoms with van der Waals surface area (Å²) >= 11 is 0. The summed E-state index contributed by atoms with van der Waals surface area (Å²) in [5.74, 6) is -0.650. The van der Waals surface area contributed by atoms with E-state index in [0.717, 1.165) is 12.8 Å². The van der Waals surface area contributed by atoms with E-state index in [1.165, 1.54) is 135 Å². The number of rotatable bonds is 24. The van der Waals surface area contributed by atoms with Crippen LogP contribution in [-0.2, 0) is 21.9 Å². The van der Waals surface area contributed by atoms with Crippen molar-refractivity contribution < 1.29 is 27.0 Å². The van der Waals surface area contributed by atoms with Gasteiger partial charge in [-0.15, -0.1) is 0 Å². The standard InChI is InChI=1S/C26H52O2.Cu/c1-2-3-4-5-6-7-8-9-10-11-12-13-14-15-16-17-18-19-20-21-22-23-24-25-26(27)28;/h2-25H2,1H3,(H,27,28);. The van der Waals surface area contributed by atoms with E-state index in [9.17, 15) is 4.79 Å². The van der Waals surface area contributed by atoms with E-state index in [1.54, 1.807) is 0 Å². The van der Waals surface area contributed by atoms with Gasteiger partial charge < -0.3 is 5.11 Å². The first-order valence-corrected chi connectivity index (χ1v) is 13.0. The minimum Gasteiger partial charge on any atom is -0.481 e. The zero-order valence-corrected chi connectivity index (χ0v) is 20.6. The Morgan fingerprint density at radius 2 is 0.655 bits per heavy atom. The Hall–Kier alpha value is -0.0105. The number of hydrogen-bond acceptors (Lipinski definition) is 1. The first kappa shape index (κ1) is 31.2. The van der Waals surface area contributed by atoms with Crippen LogP contribution >= 0.6 is 0 Å². The van der Waals surface area contributed by atoms with Gasteiger partial charge in [-0.25, -0.2) is 0 Å². The number of hydrogen-bond donors (Lipinski definition) is 1. The molecule has 1 radical (unpaired) electrons. The summed E-state index contributed by atoms with van der Waals surface area (Å²) in [6, 6.07) is 0. The summed E-state index contributed by atoms with van der Waals surface area (Å²) in [7, 11) is 0. The summed E-state index contributed by atoms with van der Waals surface area (Å²) in [5.41, 5.74) is 0. The van der Waals surface area contributed by atoms with Crippen molar-refractivity contribution in [2.45, 2.75) is 161 Å². The molecule has 0 aliphatic rings. The molecule has 0 spiro atoms. The zero-order valence-electron chi connectivity index (χ0n) is 19.6. The molecule has 0 amide bonds. The first-order valence-electron chi connectivity index (χ1n) is 13.0. The molecule has 0 rings (SSSR count). The second-order valence-electron chi connectivity index (χ2n) is 8.92. The van der Waals surface area contributed by atoms with Crippen LogP contribution in [0.15, 0.2) is 0 Å². The Balaban J connectivity index is 0. The van der Waals surface area contributed by atoms with E-state index >= 15 is 0 Å². The maximum absolute atomic E-state index is 10.4. The van der Waals surface area contributed by atoms with Crippen LogP contribution in [0.25, 0.3) is 0 Å². The van der Waals surface area contributed by atoms with Crippen molar-refractivity contribution in [1.29, 1.82) is 0 Å². The van der Waals surface area contributed by atoms with E-state index in [2.05, 4.69) is 6.92 Å². The van der Waals surface area contributed by atoms with Crippen LogP contribution in [0.2, 0.25) is 0 Å². The largest absolute Gasteiger partial charge is 0.481 e. The van der Waals surface area contributed by atoms with Crippen molar-refractivity contribution in [3.8, 4) is 0 Å². The maximum atomic E-state index is 10.4. The van der Waals surface area contributed by atoms with E-state index in [1.807, 2.05) is 0 Å². The summed E-state index contributed by atoms with van der Waals surface area (Å²) in [6.07, 6.45) is 32.0. The monoisotopic (exact) mass is 459 g/mol. The van der Waals surface area contributed by atoms with Crippen molar-refractivity contribution >= 4 is 5.97 Å². The molecule has 2 nitrogen and oxygen atoms in total. The fourth-order valence-electron chi connectivity index (χ4n) is 4.06. The predicted molar refractivity (Wildman–Crippen MR) is 124 cm³/mol. The number of carboxylic acids is 1. The molecule has 0 aliphatic heterocycles. The minimum absolute atomic E-state index is 0. The second-order valence-corrected chi connectivity index (χ2v) is 8.92. The molecular formula is C26H52CuO2. The predicted octanol–water partition coefficient (Wildman–Crippen LogP) is 9.45. The van der Waals surface area contributed by atoms with Crippen LogP contribution in [0.4, 0.5) is 0 Å². The Morgan fingerprint density at radius 3 is 0.862 bits per heavy atom. The maximum Gasteiger partial charge on any atom is 0.303 e. The van der Waals surface area contributed by atoms with Gasteiger partial charge in [-0.2, -0.15) is 0 Å². The topological polar surface area (TPSA) is 37.3 Å². The molecule has 0 fully saturated rings. The summed E-state index contributed by atoms with van der Waals surface area (Å²) in [6.45, 7) is 2.29. The van der Waals surface area contributed by atoms with Gasteiger partial charge in [0.25, 0.3) is 0 Å². The SMILES string of the molecule is CCCCCCCCCCCCCCCCCCCCCCCCCC(=O)O.[Cu]. The van der Waals surface area contributed by atoms with Gasteiger partial charge in [-0.3, -0.25) is 4.79 Å². The molecule has 1 N–H and O–H groups in total.